The van der Waals surface area contributed by atoms with Gasteiger partial charge in [-0.25, -0.2) is 4.39 Å². The van der Waals surface area contributed by atoms with Crippen molar-refractivity contribution in [3.05, 3.63) is 71.0 Å². The summed E-state index contributed by atoms with van der Waals surface area (Å²) >= 11 is 0. The smallest absolute Gasteiger partial charge is 0.242 e. The molecular weight excluding hydrogens is 331 g/mol. The quantitative estimate of drug-likeness (QED) is 0.828. The maximum atomic E-state index is 13.1. The predicted octanol–water partition coefficient (Wildman–Crippen LogP) is 3.23. The van der Waals surface area contributed by atoms with Crippen molar-refractivity contribution in [2.24, 2.45) is 0 Å². The van der Waals surface area contributed by atoms with Crippen molar-refractivity contribution in [2.75, 3.05) is 6.54 Å². The number of amides is 2. The number of hydrogen-bond acceptors (Lipinski definition) is 2. The Hall–Kier alpha value is -2.69. The van der Waals surface area contributed by atoms with E-state index < -0.39 is 6.04 Å². The first kappa shape index (κ1) is 19.6. The number of benzene rings is 2. The number of carbonyl (C=O) groups is 2. The molecule has 1 atom stereocenters. The highest BCUT2D eigenvalue weighted by Crippen LogP contribution is 2.13. The third kappa shape index (κ3) is 5.41. The number of nitrogens with zero attached hydrogens (tertiary/aromatic N) is 1. The first-order valence-electron chi connectivity index (χ1n) is 8.78. The lowest BCUT2D eigenvalue weighted by Crippen LogP contribution is -2.48. The second kappa shape index (κ2) is 9.13. The molecule has 0 aliphatic carbocycles. The molecule has 5 heteroatoms. The van der Waals surface area contributed by atoms with Crippen LogP contribution in [-0.4, -0.2) is 29.3 Å². The van der Waals surface area contributed by atoms with Crippen molar-refractivity contribution in [1.82, 2.24) is 10.2 Å². The van der Waals surface area contributed by atoms with E-state index in [2.05, 4.69) is 5.32 Å². The van der Waals surface area contributed by atoms with E-state index in [0.717, 1.165) is 11.1 Å². The summed E-state index contributed by atoms with van der Waals surface area (Å²) in [7, 11) is 0. The molecular formula is C21H25FN2O2. The molecule has 2 rings (SSSR count). The molecule has 26 heavy (non-hydrogen) atoms. The van der Waals surface area contributed by atoms with Crippen LogP contribution in [0.4, 0.5) is 4.39 Å². The fourth-order valence-electron chi connectivity index (χ4n) is 2.67. The molecule has 2 amide bonds. The average molecular weight is 356 g/mol. The van der Waals surface area contributed by atoms with E-state index in [1.165, 1.54) is 12.1 Å². The van der Waals surface area contributed by atoms with Gasteiger partial charge in [-0.2, -0.15) is 0 Å². The standard InChI is InChI=1S/C21H25FN2O2/c1-4-23-21(26)16(3)24(14-18-7-5-15(2)6-8-18)20(25)13-17-9-11-19(22)12-10-17/h5-12,16H,4,13-14H2,1-3H3,(H,23,26). The first-order chi connectivity index (χ1) is 12.4. The van der Waals surface area contributed by atoms with E-state index in [-0.39, 0.29) is 24.1 Å². The van der Waals surface area contributed by atoms with E-state index in [1.807, 2.05) is 38.1 Å². The van der Waals surface area contributed by atoms with Gasteiger partial charge in [0.25, 0.3) is 0 Å². The number of hydrogen-bond donors (Lipinski definition) is 1. The van der Waals surface area contributed by atoms with Crippen molar-refractivity contribution >= 4 is 11.8 Å². The van der Waals surface area contributed by atoms with Crippen LogP contribution in [0, 0.1) is 12.7 Å². The molecule has 1 unspecified atom stereocenters. The highest BCUT2D eigenvalue weighted by molar-refractivity contribution is 5.88. The van der Waals surface area contributed by atoms with Gasteiger partial charge in [-0.3, -0.25) is 9.59 Å². The number of rotatable bonds is 7. The van der Waals surface area contributed by atoms with E-state index in [9.17, 15) is 14.0 Å². The topological polar surface area (TPSA) is 49.4 Å². The zero-order valence-electron chi connectivity index (χ0n) is 15.5. The van der Waals surface area contributed by atoms with Crippen LogP contribution >= 0.6 is 0 Å². The maximum Gasteiger partial charge on any atom is 0.242 e. The van der Waals surface area contributed by atoms with Crippen LogP contribution in [-0.2, 0) is 22.6 Å². The third-order valence-electron chi connectivity index (χ3n) is 4.26. The van der Waals surface area contributed by atoms with Crippen LogP contribution in [0.15, 0.2) is 48.5 Å². The van der Waals surface area contributed by atoms with Crippen LogP contribution in [0.1, 0.15) is 30.5 Å². The summed E-state index contributed by atoms with van der Waals surface area (Å²) in [6.45, 7) is 6.42. The van der Waals surface area contributed by atoms with Crippen LogP contribution < -0.4 is 5.32 Å². The Labute approximate surface area is 154 Å². The molecule has 0 aliphatic heterocycles. The average Bonchev–Trinajstić information content (AvgIpc) is 2.62. The Balaban J connectivity index is 2.20. The van der Waals surface area contributed by atoms with Crippen molar-refractivity contribution in [3.8, 4) is 0 Å². The summed E-state index contributed by atoms with van der Waals surface area (Å²) in [6.07, 6.45) is 0.121. The molecule has 0 fully saturated rings. The fraction of sp³-hybridized carbons (Fsp3) is 0.333. The molecule has 4 nitrogen and oxygen atoms in total. The Morgan fingerprint density at radius 1 is 1.04 bits per heavy atom. The second-order valence-electron chi connectivity index (χ2n) is 6.38. The third-order valence-corrected chi connectivity index (χ3v) is 4.26. The van der Waals surface area contributed by atoms with Crippen LogP contribution in [0.2, 0.25) is 0 Å². The van der Waals surface area contributed by atoms with E-state index in [4.69, 9.17) is 0 Å². The van der Waals surface area contributed by atoms with Gasteiger partial charge in [0.05, 0.1) is 6.42 Å². The lowest BCUT2D eigenvalue weighted by molar-refractivity contribution is -0.140. The number of aryl methyl sites for hydroxylation is 1. The molecule has 0 saturated carbocycles. The highest BCUT2D eigenvalue weighted by atomic mass is 19.1. The Bertz CT molecular complexity index is 742. The monoisotopic (exact) mass is 356 g/mol. The molecule has 0 aliphatic rings. The number of likely N-dealkylation sites (N-methyl/N-ethyl adjacent to an activating group) is 1. The lowest BCUT2D eigenvalue weighted by Gasteiger charge is -2.29. The number of carbonyl (C=O) groups excluding carboxylic acids is 2. The molecule has 2 aromatic rings. The molecule has 0 spiro atoms. The van der Waals surface area contributed by atoms with Gasteiger partial charge < -0.3 is 10.2 Å². The first-order valence-corrected chi connectivity index (χ1v) is 8.78. The van der Waals surface area contributed by atoms with Crippen molar-refractivity contribution in [2.45, 2.75) is 39.8 Å². The largest absolute Gasteiger partial charge is 0.355 e. The molecule has 0 saturated heterocycles. The van der Waals surface area contributed by atoms with Crippen molar-refractivity contribution in [3.63, 3.8) is 0 Å². The highest BCUT2D eigenvalue weighted by Gasteiger charge is 2.25. The minimum atomic E-state index is -0.593. The maximum absolute atomic E-state index is 13.1. The predicted molar refractivity (Wildman–Crippen MR) is 100.0 cm³/mol. The van der Waals surface area contributed by atoms with Crippen molar-refractivity contribution in [1.29, 1.82) is 0 Å². The van der Waals surface area contributed by atoms with E-state index in [1.54, 1.807) is 24.0 Å². The zero-order valence-corrected chi connectivity index (χ0v) is 15.5. The van der Waals surface area contributed by atoms with Crippen LogP contribution in [0.3, 0.4) is 0 Å². The zero-order chi connectivity index (χ0) is 19.1. The summed E-state index contributed by atoms with van der Waals surface area (Å²) in [5.41, 5.74) is 2.81. The van der Waals surface area contributed by atoms with Gasteiger partial charge in [0.2, 0.25) is 11.8 Å². The van der Waals surface area contributed by atoms with Gasteiger partial charge in [0.1, 0.15) is 11.9 Å². The normalized spacial score (nSPS) is 11.7. The molecule has 0 bridgehead atoms. The summed E-state index contributed by atoms with van der Waals surface area (Å²) in [5.74, 6) is -0.698. The Morgan fingerprint density at radius 3 is 2.19 bits per heavy atom. The minimum absolute atomic E-state index is 0.121. The Kier molecular flexibility index (Phi) is 6.89. The minimum Gasteiger partial charge on any atom is -0.355 e. The van der Waals surface area contributed by atoms with Gasteiger partial charge in [-0.05, 0) is 44.0 Å². The fourth-order valence-corrected chi connectivity index (χ4v) is 2.67. The number of nitrogens with one attached hydrogen (secondary N) is 1. The van der Waals surface area contributed by atoms with E-state index in [0.29, 0.717) is 18.7 Å². The van der Waals surface area contributed by atoms with Crippen molar-refractivity contribution < 1.29 is 14.0 Å². The van der Waals surface area contributed by atoms with Gasteiger partial charge in [-0.1, -0.05) is 42.0 Å². The lowest BCUT2D eigenvalue weighted by atomic mass is 10.1. The second-order valence-corrected chi connectivity index (χ2v) is 6.38. The molecule has 0 heterocycles. The molecule has 1 N–H and O–H groups in total. The Morgan fingerprint density at radius 2 is 1.62 bits per heavy atom. The summed E-state index contributed by atoms with van der Waals surface area (Å²) in [5, 5.41) is 2.76. The van der Waals surface area contributed by atoms with Gasteiger partial charge in [-0.15, -0.1) is 0 Å². The molecule has 2 aromatic carbocycles. The van der Waals surface area contributed by atoms with Gasteiger partial charge in [0.15, 0.2) is 0 Å². The SMILES string of the molecule is CCNC(=O)C(C)N(Cc1ccc(C)cc1)C(=O)Cc1ccc(F)cc1. The summed E-state index contributed by atoms with van der Waals surface area (Å²) in [6, 6.07) is 13.1. The summed E-state index contributed by atoms with van der Waals surface area (Å²) in [4.78, 5) is 26.7. The molecule has 138 valence electrons. The molecule has 0 radical (unpaired) electrons. The van der Waals surface area contributed by atoms with Crippen LogP contribution in [0.25, 0.3) is 0 Å². The molecule has 0 aromatic heterocycles. The van der Waals surface area contributed by atoms with E-state index >= 15 is 0 Å². The van der Waals surface area contributed by atoms with Crippen LogP contribution in [0.5, 0.6) is 0 Å². The van der Waals surface area contributed by atoms with Gasteiger partial charge >= 0.3 is 0 Å². The van der Waals surface area contributed by atoms with Gasteiger partial charge in [0, 0.05) is 13.1 Å². The number of halogens is 1. The summed E-state index contributed by atoms with van der Waals surface area (Å²) < 4.78 is 13.1.